The number of hydrazine groups is 1. The van der Waals surface area contributed by atoms with Gasteiger partial charge in [-0.1, -0.05) is 0 Å². The van der Waals surface area contributed by atoms with Gasteiger partial charge in [0, 0.05) is 19.0 Å². The molecule has 5 N–H and O–H groups in total. The van der Waals surface area contributed by atoms with Crippen molar-refractivity contribution in [1.29, 1.82) is 0 Å². The van der Waals surface area contributed by atoms with Gasteiger partial charge in [-0.3, -0.25) is 4.79 Å². The molecule has 20 heavy (non-hydrogen) atoms. The Balaban J connectivity index is 1.76. The van der Waals surface area contributed by atoms with Gasteiger partial charge in [-0.05, 0) is 19.3 Å². The highest BCUT2D eigenvalue weighted by Crippen LogP contribution is 2.27. The van der Waals surface area contributed by atoms with Crippen molar-refractivity contribution in [2.24, 2.45) is 5.84 Å². The lowest BCUT2D eigenvalue weighted by Gasteiger charge is -2.12. The Hall–Kier alpha value is -2.09. The summed E-state index contributed by atoms with van der Waals surface area (Å²) in [6.07, 6.45) is 4.82. The van der Waals surface area contributed by atoms with E-state index in [0.29, 0.717) is 36.4 Å². The average Bonchev–Trinajstić information content (AvgIpc) is 3.26. The van der Waals surface area contributed by atoms with Crippen LogP contribution in [0.4, 0.5) is 11.6 Å². The fraction of sp³-hybridized carbons (Fsp3) is 0.583. The Kier molecular flexibility index (Phi) is 4.94. The van der Waals surface area contributed by atoms with Gasteiger partial charge < -0.3 is 20.8 Å². The van der Waals surface area contributed by atoms with Crippen LogP contribution < -0.4 is 26.6 Å². The Morgan fingerprint density at radius 3 is 2.85 bits per heavy atom. The van der Waals surface area contributed by atoms with Crippen LogP contribution >= 0.6 is 0 Å². The molecule has 1 aromatic heterocycles. The van der Waals surface area contributed by atoms with Crippen LogP contribution in [0.15, 0.2) is 6.33 Å². The van der Waals surface area contributed by atoms with E-state index in [9.17, 15) is 4.79 Å². The predicted octanol–water partition coefficient (Wildman–Crippen LogP) is 0.241. The zero-order valence-corrected chi connectivity index (χ0v) is 11.5. The summed E-state index contributed by atoms with van der Waals surface area (Å²) in [5.74, 6) is 6.87. The highest BCUT2D eigenvalue weighted by molar-refractivity contribution is 5.76. The number of ether oxygens (including phenoxy) is 1. The van der Waals surface area contributed by atoms with Crippen LogP contribution in [0.2, 0.25) is 0 Å². The number of hydrogen-bond acceptors (Lipinski definition) is 7. The number of amides is 1. The Morgan fingerprint density at radius 2 is 2.20 bits per heavy atom. The number of nitrogen functional groups attached to an aromatic ring is 1. The molecule has 0 aromatic carbocycles. The average molecular weight is 280 g/mol. The van der Waals surface area contributed by atoms with Gasteiger partial charge in [0.2, 0.25) is 11.7 Å². The molecule has 1 aromatic rings. The van der Waals surface area contributed by atoms with Crippen molar-refractivity contribution in [3.05, 3.63) is 6.33 Å². The number of rotatable bonds is 8. The van der Waals surface area contributed by atoms with Gasteiger partial charge in [-0.2, -0.15) is 0 Å². The summed E-state index contributed by atoms with van der Waals surface area (Å²) in [5.41, 5.74) is 2.44. The number of nitrogens with zero attached hydrogens (tertiary/aromatic N) is 2. The highest BCUT2D eigenvalue weighted by atomic mass is 16.5. The second kappa shape index (κ2) is 6.90. The summed E-state index contributed by atoms with van der Waals surface area (Å²) >= 11 is 0. The molecular weight excluding hydrogens is 260 g/mol. The molecule has 1 aliphatic rings. The first-order valence-corrected chi connectivity index (χ1v) is 6.63. The minimum absolute atomic E-state index is 0.105. The Morgan fingerprint density at radius 1 is 1.45 bits per heavy atom. The number of carbonyl (C=O) groups excluding carboxylic acids is 1. The summed E-state index contributed by atoms with van der Waals surface area (Å²) in [7, 11) is 1.52. The number of anilines is 2. The zero-order chi connectivity index (χ0) is 14.4. The maximum atomic E-state index is 11.5. The number of nitrogens with one attached hydrogen (secondary N) is 3. The molecule has 0 radical (unpaired) electrons. The third-order valence-corrected chi connectivity index (χ3v) is 2.96. The van der Waals surface area contributed by atoms with Crippen LogP contribution in [-0.4, -0.2) is 35.6 Å². The molecular formula is C12H20N6O2. The first kappa shape index (κ1) is 14.3. The lowest BCUT2D eigenvalue weighted by molar-refractivity contribution is -0.121. The third-order valence-electron chi connectivity index (χ3n) is 2.96. The largest absolute Gasteiger partial charge is 0.490 e. The molecule has 8 heteroatoms. The topological polar surface area (TPSA) is 114 Å². The maximum Gasteiger partial charge on any atom is 0.220 e. The van der Waals surface area contributed by atoms with Crippen LogP contribution in [0.3, 0.4) is 0 Å². The smallest absolute Gasteiger partial charge is 0.220 e. The first-order valence-electron chi connectivity index (χ1n) is 6.63. The van der Waals surface area contributed by atoms with Gasteiger partial charge in [0.15, 0.2) is 11.6 Å². The van der Waals surface area contributed by atoms with Gasteiger partial charge in [-0.25, -0.2) is 15.8 Å². The first-order chi connectivity index (χ1) is 9.74. The molecule has 110 valence electrons. The van der Waals surface area contributed by atoms with Crippen molar-refractivity contribution in [2.75, 3.05) is 24.4 Å². The van der Waals surface area contributed by atoms with E-state index in [1.165, 1.54) is 13.4 Å². The van der Waals surface area contributed by atoms with E-state index >= 15 is 0 Å². The summed E-state index contributed by atoms with van der Waals surface area (Å²) in [6, 6.07) is 0.413. The van der Waals surface area contributed by atoms with E-state index in [1.807, 2.05) is 0 Å². The monoisotopic (exact) mass is 280 g/mol. The van der Waals surface area contributed by atoms with Gasteiger partial charge in [0.1, 0.15) is 6.33 Å². The minimum Gasteiger partial charge on any atom is -0.490 e. The Bertz CT molecular complexity index is 463. The third kappa shape index (κ3) is 3.95. The molecule has 1 aliphatic carbocycles. The number of methoxy groups -OCH3 is 1. The van der Waals surface area contributed by atoms with Gasteiger partial charge in [-0.15, -0.1) is 0 Å². The van der Waals surface area contributed by atoms with Crippen molar-refractivity contribution in [1.82, 2.24) is 15.3 Å². The summed E-state index contributed by atoms with van der Waals surface area (Å²) < 4.78 is 5.20. The second-order valence-corrected chi connectivity index (χ2v) is 4.62. The lowest BCUT2D eigenvalue weighted by atomic mass is 10.3. The summed E-state index contributed by atoms with van der Waals surface area (Å²) in [4.78, 5) is 19.6. The number of nitrogens with two attached hydrogens (primary N) is 1. The van der Waals surface area contributed by atoms with Crippen LogP contribution in [0.1, 0.15) is 25.7 Å². The molecule has 1 saturated carbocycles. The van der Waals surface area contributed by atoms with Crippen molar-refractivity contribution in [3.63, 3.8) is 0 Å². The molecule has 0 aliphatic heterocycles. The van der Waals surface area contributed by atoms with Gasteiger partial charge in [0.05, 0.1) is 7.11 Å². The standard InChI is InChI=1S/C12H20N6O2/c1-20-10-11(15-7-16-12(10)18-13)14-6-2-3-9(19)17-8-4-5-8/h7-8H,2-6,13H2,1H3,(H,17,19)(H2,14,15,16,18). The van der Waals surface area contributed by atoms with E-state index in [2.05, 4.69) is 26.0 Å². The fourth-order valence-electron chi connectivity index (χ4n) is 1.78. The normalized spacial score (nSPS) is 13.7. The quantitative estimate of drug-likeness (QED) is 0.306. The molecule has 0 unspecified atom stereocenters. The SMILES string of the molecule is COc1c(NN)ncnc1NCCCC(=O)NC1CC1. The molecule has 0 saturated heterocycles. The lowest BCUT2D eigenvalue weighted by Crippen LogP contribution is -2.25. The Labute approximate surface area is 117 Å². The summed E-state index contributed by atoms with van der Waals surface area (Å²) in [5, 5.41) is 6.06. The van der Waals surface area contributed by atoms with Crippen molar-refractivity contribution in [3.8, 4) is 5.75 Å². The zero-order valence-electron chi connectivity index (χ0n) is 11.5. The predicted molar refractivity (Wildman–Crippen MR) is 75.3 cm³/mol. The van der Waals surface area contributed by atoms with E-state index in [0.717, 1.165) is 19.3 Å². The number of aromatic nitrogens is 2. The molecule has 1 fully saturated rings. The van der Waals surface area contributed by atoms with Crippen LogP contribution in [0.5, 0.6) is 5.75 Å². The van der Waals surface area contributed by atoms with Crippen LogP contribution in [0, 0.1) is 0 Å². The molecule has 1 heterocycles. The number of hydrogen-bond donors (Lipinski definition) is 4. The van der Waals surface area contributed by atoms with E-state index < -0.39 is 0 Å². The van der Waals surface area contributed by atoms with Crippen molar-refractivity contribution >= 4 is 17.5 Å². The molecule has 1 amide bonds. The van der Waals surface area contributed by atoms with E-state index in [1.54, 1.807) is 0 Å². The molecule has 0 atom stereocenters. The van der Waals surface area contributed by atoms with E-state index in [4.69, 9.17) is 10.6 Å². The molecule has 8 nitrogen and oxygen atoms in total. The fourth-order valence-corrected chi connectivity index (χ4v) is 1.78. The van der Waals surface area contributed by atoms with Crippen molar-refractivity contribution in [2.45, 2.75) is 31.7 Å². The van der Waals surface area contributed by atoms with E-state index in [-0.39, 0.29) is 5.91 Å². The molecule has 0 bridgehead atoms. The minimum atomic E-state index is 0.105. The number of carbonyl (C=O) groups is 1. The molecule has 2 rings (SSSR count). The van der Waals surface area contributed by atoms with Crippen LogP contribution in [0.25, 0.3) is 0 Å². The molecule has 0 spiro atoms. The van der Waals surface area contributed by atoms with Crippen molar-refractivity contribution < 1.29 is 9.53 Å². The second-order valence-electron chi connectivity index (χ2n) is 4.62. The highest BCUT2D eigenvalue weighted by Gasteiger charge is 2.22. The van der Waals surface area contributed by atoms with Gasteiger partial charge in [0.25, 0.3) is 0 Å². The maximum absolute atomic E-state index is 11.5. The summed E-state index contributed by atoms with van der Waals surface area (Å²) in [6.45, 7) is 0.621. The van der Waals surface area contributed by atoms with Gasteiger partial charge >= 0.3 is 0 Å². The van der Waals surface area contributed by atoms with Crippen LogP contribution in [-0.2, 0) is 4.79 Å².